The number of carbonyl (C=O) groups excluding carboxylic acids is 1. The summed E-state index contributed by atoms with van der Waals surface area (Å²) < 4.78 is 38.4. The van der Waals surface area contributed by atoms with Crippen molar-refractivity contribution in [1.82, 2.24) is 9.55 Å². The zero-order valence-electron chi connectivity index (χ0n) is 10.6. The van der Waals surface area contributed by atoms with E-state index < -0.39 is 12.7 Å². The highest BCUT2D eigenvalue weighted by molar-refractivity contribution is 5.89. The van der Waals surface area contributed by atoms with Gasteiger partial charge < -0.3 is 9.88 Å². The fourth-order valence-corrected chi connectivity index (χ4v) is 1.83. The van der Waals surface area contributed by atoms with Gasteiger partial charge in [-0.3, -0.25) is 4.79 Å². The Morgan fingerprint density at radius 1 is 1.40 bits per heavy atom. The molecule has 0 saturated heterocycles. The standard InChI is InChI=1S/C13H12F3N3O/c1-9(20)18-11-4-2-3-10(7-11)12-17-5-6-19(12)8-13(14,15)16/h2-7H,8H2,1H3,(H,18,20). The highest BCUT2D eigenvalue weighted by Gasteiger charge is 2.29. The van der Waals surface area contributed by atoms with E-state index in [9.17, 15) is 18.0 Å². The maximum Gasteiger partial charge on any atom is 0.406 e. The molecule has 2 rings (SSSR count). The maximum atomic E-state index is 12.5. The van der Waals surface area contributed by atoms with Crippen molar-refractivity contribution in [2.75, 3.05) is 5.32 Å². The lowest BCUT2D eigenvalue weighted by molar-refractivity contribution is -0.140. The summed E-state index contributed by atoms with van der Waals surface area (Å²) in [6.45, 7) is 0.254. The Hall–Kier alpha value is -2.31. The van der Waals surface area contributed by atoms with Gasteiger partial charge in [-0.1, -0.05) is 12.1 Å². The van der Waals surface area contributed by atoms with E-state index in [-0.39, 0.29) is 11.7 Å². The van der Waals surface area contributed by atoms with Crippen molar-refractivity contribution in [3.05, 3.63) is 36.7 Å². The van der Waals surface area contributed by atoms with Crippen LogP contribution in [0.5, 0.6) is 0 Å². The number of imidazole rings is 1. The van der Waals surface area contributed by atoms with E-state index >= 15 is 0 Å². The summed E-state index contributed by atoms with van der Waals surface area (Å²) in [6, 6.07) is 6.52. The van der Waals surface area contributed by atoms with Gasteiger partial charge in [0.15, 0.2) is 0 Å². The van der Waals surface area contributed by atoms with E-state index in [1.807, 2.05) is 0 Å². The molecule has 1 aromatic carbocycles. The zero-order valence-corrected chi connectivity index (χ0v) is 10.6. The van der Waals surface area contributed by atoms with E-state index in [0.29, 0.717) is 11.3 Å². The molecule has 0 aliphatic rings. The first-order chi connectivity index (χ1) is 9.35. The van der Waals surface area contributed by atoms with Crippen LogP contribution in [0, 0.1) is 0 Å². The van der Waals surface area contributed by atoms with Crippen LogP contribution in [0.15, 0.2) is 36.7 Å². The highest BCUT2D eigenvalue weighted by Crippen LogP contribution is 2.25. The molecule has 1 heterocycles. The van der Waals surface area contributed by atoms with Gasteiger partial charge in [0.05, 0.1) is 0 Å². The summed E-state index contributed by atoms with van der Waals surface area (Å²) in [6.07, 6.45) is -1.73. The van der Waals surface area contributed by atoms with Gasteiger partial charge in [-0.05, 0) is 12.1 Å². The summed E-state index contributed by atoms with van der Waals surface area (Å²) in [4.78, 5) is 14.9. The molecule has 0 bridgehead atoms. The van der Waals surface area contributed by atoms with Crippen LogP contribution in [0.2, 0.25) is 0 Å². The molecular weight excluding hydrogens is 271 g/mol. The van der Waals surface area contributed by atoms with E-state index in [4.69, 9.17) is 0 Å². The van der Waals surface area contributed by atoms with Crippen molar-refractivity contribution in [2.45, 2.75) is 19.6 Å². The molecule has 0 atom stereocenters. The molecule has 0 aliphatic carbocycles. The molecule has 0 unspecified atom stereocenters. The third-order valence-electron chi connectivity index (χ3n) is 2.51. The third-order valence-corrected chi connectivity index (χ3v) is 2.51. The number of nitrogens with zero attached hydrogens (tertiary/aromatic N) is 2. The number of carbonyl (C=O) groups is 1. The van der Waals surface area contributed by atoms with Gasteiger partial charge in [0.1, 0.15) is 12.4 Å². The largest absolute Gasteiger partial charge is 0.406 e. The van der Waals surface area contributed by atoms with Crippen molar-refractivity contribution >= 4 is 11.6 Å². The number of hydrogen-bond donors (Lipinski definition) is 1. The summed E-state index contributed by atoms with van der Waals surface area (Å²) in [5, 5.41) is 2.58. The number of anilines is 1. The number of hydrogen-bond acceptors (Lipinski definition) is 2. The van der Waals surface area contributed by atoms with Gasteiger partial charge in [-0.25, -0.2) is 4.98 Å². The second kappa shape index (κ2) is 5.36. The SMILES string of the molecule is CC(=O)Nc1cccc(-c2nccn2CC(F)(F)F)c1. The first-order valence-corrected chi connectivity index (χ1v) is 5.81. The highest BCUT2D eigenvalue weighted by atomic mass is 19.4. The predicted octanol–water partition coefficient (Wildman–Crippen LogP) is 3.07. The molecule has 7 heteroatoms. The number of amides is 1. The molecule has 0 aliphatic heterocycles. The average Bonchev–Trinajstić information content (AvgIpc) is 2.74. The molecular formula is C13H12F3N3O. The van der Waals surface area contributed by atoms with Crippen molar-refractivity contribution in [2.24, 2.45) is 0 Å². The Balaban J connectivity index is 2.32. The molecule has 4 nitrogen and oxygen atoms in total. The first kappa shape index (κ1) is 14.1. The maximum absolute atomic E-state index is 12.5. The minimum atomic E-state index is -4.31. The van der Waals surface area contributed by atoms with Crippen LogP contribution in [0.4, 0.5) is 18.9 Å². The number of rotatable bonds is 3. The molecule has 1 N–H and O–H groups in total. The normalized spacial score (nSPS) is 11.4. The van der Waals surface area contributed by atoms with Gasteiger partial charge in [-0.15, -0.1) is 0 Å². The van der Waals surface area contributed by atoms with Gasteiger partial charge in [0.25, 0.3) is 0 Å². The third kappa shape index (κ3) is 3.59. The van der Waals surface area contributed by atoms with E-state index in [0.717, 1.165) is 4.57 Å². The summed E-state index contributed by atoms with van der Waals surface area (Å²) in [5.41, 5.74) is 1.02. The van der Waals surface area contributed by atoms with Crippen LogP contribution in [-0.2, 0) is 11.3 Å². The summed E-state index contributed by atoms with van der Waals surface area (Å²) in [5.74, 6) is -0.0460. The molecule has 0 radical (unpaired) electrons. The number of benzene rings is 1. The van der Waals surface area contributed by atoms with E-state index in [1.165, 1.54) is 19.3 Å². The molecule has 0 fully saturated rings. The molecule has 1 amide bonds. The number of nitrogens with one attached hydrogen (secondary N) is 1. The Morgan fingerprint density at radius 2 is 2.15 bits per heavy atom. The van der Waals surface area contributed by atoms with Gasteiger partial charge in [0, 0.05) is 30.6 Å². The molecule has 1 aromatic heterocycles. The molecule has 20 heavy (non-hydrogen) atoms. The monoisotopic (exact) mass is 283 g/mol. The number of alkyl halides is 3. The van der Waals surface area contributed by atoms with E-state index in [1.54, 1.807) is 24.3 Å². The fourth-order valence-electron chi connectivity index (χ4n) is 1.83. The topological polar surface area (TPSA) is 46.9 Å². The van der Waals surface area contributed by atoms with Crippen molar-refractivity contribution < 1.29 is 18.0 Å². The average molecular weight is 283 g/mol. The molecule has 2 aromatic rings. The van der Waals surface area contributed by atoms with Crippen molar-refractivity contribution in [1.29, 1.82) is 0 Å². The lowest BCUT2D eigenvalue weighted by atomic mass is 10.2. The quantitative estimate of drug-likeness (QED) is 0.941. The fraction of sp³-hybridized carbons (Fsp3) is 0.231. The van der Waals surface area contributed by atoms with Gasteiger partial charge in [-0.2, -0.15) is 13.2 Å². The van der Waals surface area contributed by atoms with Crippen molar-refractivity contribution in [3.8, 4) is 11.4 Å². The molecule has 0 saturated carbocycles. The minimum absolute atomic E-state index is 0.203. The lowest BCUT2D eigenvalue weighted by Gasteiger charge is -2.11. The zero-order chi connectivity index (χ0) is 14.8. The number of aromatic nitrogens is 2. The van der Waals surface area contributed by atoms with Crippen LogP contribution in [0.3, 0.4) is 0 Å². The van der Waals surface area contributed by atoms with Crippen LogP contribution in [-0.4, -0.2) is 21.6 Å². The second-order valence-corrected chi connectivity index (χ2v) is 4.26. The smallest absolute Gasteiger partial charge is 0.326 e. The number of halogens is 3. The van der Waals surface area contributed by atoms with Crippen LogP contribution < -0.4 is 5.32 Å². The molecule has 0 spiro atoms. The Morgan fingerprint density at radius 3 is 2.80 bits per heavy atom. The van der Waals surface area contributed by atoms with Gasteiger partial charge in [0.2, 0.25) is 5.91 Å². The first-order valence-electron chi connectivity index (χ1n) is 5.81. The van der Waals surface area contributed by atoms with Crippen molar-refractivity contribution in [3.63, 3.8) is 0 Å². The van der Waals surface area contributed by atoms with Crippen LogP contribution in [0.1, 0.15) is 6.92 Å². The lowest BCUT2D eigenvalue weighted by Crippen LogP contribution is -2.17. The Kier molecular flexibility index (Phi) is 3.78. The Bertz CT molecular complexity index is 619. The summed E-state index contributed by atoms with van der Waals surface area (Å²) >= 11 is 0. The van der Waals surface area contributed by atoms with E-state index in [2.05, 4.69) is 10.3 Å². The second-order valence-electron chi connectivity index (χ2n) is 4.26. The summed E-state index contributed by atoms with van der Waals surface area (Å²) in [7, 11) is 0. The Labute approximate surface area is 113 Å². The minimum Gasteiger partial charge on any atom is -0.326 e. The predicted molar refractivity (Wildman–Crippen MR) is 68.0 cm³/mol. The molecule has 106 valence electrons. The van der Waals surface area contributed by atoms with Crippen LogP contribution in [0.25, 0.3) is 11.4 Å². The van der Waals surface area contributed by atoms with Gasteiger partial charge >= 0.3 is 6.18 Å². The van der Waals surface area contributed by atoms with Crippen LogP contribution >= 0.6 is 0 Å².